The van der Waals surface area contributed by atoms with Crippen LogP contribution in [0, 0.1) is 0 Å². The molecule has 1 heterocycles. The van der Waals surface area contributed by atoms with Gasteiger partial charge in [-0.05, 0) is 61.7 Å². The van der Waals surface area contributed by atoms with Crippen molar-refractivity contribution >= 4 is 46.2 Å². The average Bonchev–Trinajstić information content (AvgIpc) is 2.61. The summed E-state index contributed by atoms with van der Waals surface area (Å²) in [7, 11) is 0. The largest absolute Gasteiger partial charge is 0.376 e. The van der Waals surface area contributed by atoms with Crippen molar-refractivity contribution in [1.29, 1.82) is 0 Å². The predicted octanol–water partition coefficient (Wildman–Crippen LogP) is 5.03. The van der Waals surface area contributed by atoms with Gasteiger partial charge in [0, 0.05) is 40.2 Å². The van der Waals surface area contributed by atoms with Gasteiger partial charge in [-0.3, -0.25) is 4.79 Å². The fourth-order valence-electron chi connectivity index (χ4n) is 2.95. The molecule has 0 radical (unpaired) electrons. The Hall–Kier alpha value is -1.91. The van der Waals surface area contributed by atoms with Crippen LogP contribution in [0.15, 0.2) is 42.5 Å². The van der Waals surface area contributed by atoms with Gasteiger partial charge in [0.15, 0.2) is 0 Å². The SMILES string of the molecule is O=C(CNc1cc(Cl)cc(Cl)c1)Nc1ccc(N2CCCCC2)cc1. The first-order chi connectivity index (χ1) is 12.1. The van der Waals surface area contributed by atoms with Gasteiger partial charge in [0.2, 0.25) is 5.91 Å². The number of piperidine rings is 1. The molecule has 1 amide bonds. The number of carbonyl (C=O) groups is 1. The van der Waals surface area contributed by atoms with Crippen LogP contribution < -0.4 is 15.5 Å². The van der Waals surface area contributed by atoms with Gasteiger partial charge in [0.05, 0.1) is 6.54 Å². The molecule has 6 heteroatoms. The molecule has 25 heavy (non-hydrogen) atoms. The molecule has 0 aliphatic carbocycles. The number of halogens is 2. The van der Waals surface area contributed by atoms with Gasteiger partial charge < -0.3 is 15.5 Å². The molecular weight excluding hydrogens is 357 g/mol. The summed E-state index contributed by atoms with van der Waals surface area (Å²) in [5, 5.41) is 6.97. The normalized spacial score (nSPS) is 14.2. The third-order valence-electron chi connectivity index (χ3n) is 4.19. The number of nitrogens with zero attached hydrogens (tertiary/aromatic N) is 1. The van der Waals surface area contributed by atoms with Crippen LogP contribution in [0.1, 0.15) is 19.3 Å². The van der Waals surface area contributed by atoms with E-state index in [4.69, 9.17) is 23.2 Å². The van der Waals surface area contributed by atoms with Crippen molar-refractivity contribution in [3.05, 3.63) is 52.5 Å². The Morgan fingerprint density at radius 2 is 1.56 bits per heavy atom. The number of benzene rings is 2. The zero-order valence-electron chi connectivity index (χ0n) is 13.9. The van der Waals surface area contributed by atoms with E-state index in [1.807, 2.05) is 12.1 Å². The van der Waals surface area contributed by atoms with E-state index in [1.165, 1.54) is 24.9 Å². The molecule has 1 saturated heterocycles. The highest BCUT2D eigenvalue weighted by Gasteiger charge is 2.11. The van der Waals surface area contributed by atoms with E-state index in [0.29, 0.717) is 15.7 Å². The van der Waals surface area contributed by atoms with E-state index in [1.54, 1.807) is 18.2 Å². The molecule has 1 aliphatic heterocycles. The van der Waals surface area contributed by atoms with Crippen LogP contribution in [0.5, 0.6) is 0 Å². The molecule has 0 atom stereocenters. The summed E-state index contributed by atoms with van der Waals surface area (Å²) in [4.78, 5) is 14.5. The van der Waals surface area contributed by atoms with E-state index < -0.39 is 0 Å². The second-order valence-corrected chi connectivity index (χ2v) is 7.03. The fraction of sp³-hybridized carbons (Fsp3) is 0.316. The summed E-state index contributed by atoms with van der Waals surface area (Å²) in [5.41, 5.74) is 2.72. The first-order valence-electron chi connectivity index (χ1n) is 8.45. The second-order valence-electron chi connectivity index (χ2n) is 6.15. The molecule has 2 aromatic carbocycles. The molecule has 0 spiro atoms. The zero-order valence-corrected chi connectivity index (χ0v) is 15.4. The Kier molecular flexibility index (Phi) is 6.05. The summed E-state index contributed by atoms with van der Waals surface area (Å²) in [6, 6.07) is 13.1. The zero-order chi connectivity index (χ0) is 17.6. The smallest absolute Gasteiger partial charge is 0.243 e. The predicted molar refractivity (Wildman–Crippen MR) is 106 cm³/mol. The Labute approximate surface area is 158 Å². The maximum atomic E-state index is 12.1. The van der Waals surface area contributed by atoms with Crippen molar-refractivity contribution in [3.8, 4) is 0 Å². The van der Waals surface area contributed by atoms with Crippen molar-refractivity contribution in [2.24, 2.45) is 0 Å². The molecule has 0 unspecified atom stereocenters. The van der Waals surface area contributed by atoms with Gasteiger partial charge in [-0.1, -0.05) is 23.2 Å². The highest BCUT2D eigenvalue weighted by atomic mass is 35.5. The van der Waals surface area contributed by atoms with Crippen LogP contribution in [0.4, 0.5) is 17.1 Å². The molecule has 0 saturated carbocycles. The first-order valence-corrected chi connectivity index (χ1v) is 9.20. The third-order valence-corrected chi connectivity index (χ3v) is 4.62. The molecule has 1 aliphatic rings. The van der Waals surface area contributed by atoms with Gasteiger partial charge in [-0.15, -0.1) is 0 Å². The fourth-order valence-corrected chi connectivity index (χ4v) is 3.48. The molecule has 4 nitrogen and oxygen atoms in total. The van der Waals surface area contributed by atoms with Crippen LogP contribution in [-0.4, -0.2) is 25.5 Å². The van der Waals surface area contributed by atoms with E-state index >= 15 is 0 Å². The summed E-state index contributed by atoms with van der Waals surface area (Å²) in [6.45, 7) is 2.36. The maximum absolute atomic E-state index is 12.1. The molecule has 3 rings (SSSR count). The van der Waals surface area contributed by atoms with E-state index in [-0.39, 0.29) is 12.5 Å². The minimum Gasteiger partial charge on any atom is -0.376 e. The van der Waals surface area contributed by atoms with Crippen LogP contribution in [0.25, 0.3) is 0 Å². The number of nitrogens with one attached hydrogen (secondary N) is 2. The monoisotopic (exact) mass is 377 g/mol. The number of amides is 1. The lowest BCUT2D eigenvalue weighted by Gasteiger charge is -2.28. The van der Waals surface area contributed by atoms with Crippen molar-refractivity contribution in [2.75, 3.05) is 35.2 Å². The van der Waals surface area contributed by atoms with Gasteiger partial charge >= 0.3 is 0 Å². The summed E-state index contributed by atoms with van der Waals surface area (Å²) in [5.74, 6) is -0.123. The lowest BCUT2D eigenvalue weighted by atomic mass is 10.1. The molecule has 2 aromatic rings. The second kappa shape index (κ2) is 8.45. The Morgan fingerprint density at radius 1 is 0.920 bits per heavy atom. The van der Waals surface area contributed by atoms with Crippen molar-refractivity contribution in [2.45, 2.75) is 19.3 Å². The van der Waals surface area contributed by atoms with Crippen LogP contribution in [0.3, 0.4) is 0 Å². The Bertz CT molecular complexity index is 708. The molecule has 0 aromatic heterocycles. The van der Waals surface area contributed by atoms with Gasteiger partial charge in [0.25, 0.3) is 0 Å². The lowest BCUT2D eigenvalue weighted by Crippen LogP contribution is -2.29. The Morgan fingerprint density at radius 3 is 2.20 bits per heavy atom. The van der Waals surface area contributed by atoms with E-state index in [9.17, 15) is 4.79 Å². The molecule has 132 valence electrons. The standard InChI is InChI=1S/C19H21Cl2N3O/c20-14-10-15(21)12-17(11-14)22-13-19(25)23-16-4-6-18(7-5-16)24-8-2-1-3-9-24/h4-7,10-12,22H,1-3,8-9,13H2,(H,23,25). The van der Waals surface area contributed by atoms with Crippen LogP contribution in [0.2, 0.25) is 10.0 Å². The molecular formula is C19H21Cl2N3O. The summed E-state index contributed by atoms with van der Waals surface area (Å²) >= 11 is 11.9. The van der Waals surface area contributed by atoms with Gasteiger partial charge in [-0.25, -0.2) is 0 Å². The van der Waals surface area contributed by atoms with Crippen molar-refractivity contribution in [1.82, 2.24) is 0 Å². The quantitative estimate of drug-likeness (QED) is 0.767. The number of rotatable bonds is 5. The summed E-state index contributed by atoms with van der Waals surface area (Å²) < 4.78 is 0. The highest BCUT2D eigenvalue weighted by molar-refractivity contribution is 6.35. The molecule has 0 bridgehead atoms. The Balaban J connectivity index is 1.52. The van der Waals surface area contributed by atoms with Crippen molar-refractivity contribution in [3.63, 3.8) is 0 Å². The topological polar surface area (TPSA) is 44.4 Å². The van der Waals surface area contributed by atoms with E-state index in [2.05, 4.69) is 27.7 Å². The van der Waals surface area contributed by atoms with Gasteiger partial charge in [-0.2, -0.15) is 0 Å². The highest BCUT2D eigenvalue weighted by Crippen LogP contribution is 2.23. The number of hydrogen-bond acceptors (Lipinski definition) is 3. The lowest BCUT2D eigenvalue weighted by molar-refractivity contribution is -0.114. The summed E-state index contributed by atoms with van der Waals surface area (Å²) in [6.07, 6.45) is 3.81. The first kappa shape index (κ1) is 17.9. The maximum Gasteiger partial charge on any atom is 0.243 e. The number of anilines is 3. The number of carbonyl (C=O) groups excluding carboxylic acids is 1. The van der Waals surface area contributed by atoms with Crippen LogP contribution in [-0.2, 0) is 4.79 Å². The van der Waals surface area contributed by atoms with E-state index in [0.717, 1.165) is 18.8 Å². The molecule has 2 N–H and O–H groups in total. The third kappa shape index (κ3) is 5.28. The van der Waals surface area contributed by atoms with Crippen LogP contribution >= 0.6 is 23.2 Å². The average molecular weight is 378 g/mol. The molecule has 1 fully saturated rings. The number of hydrogen-bond donors (Lipinski definition) is 2. The minimum atomic E-state index is -0.123. The minimum absolute atomic E-state index is 0.123. The van der Waals surface area contributed by atoms with Gasteiger partial charge in [0.1, 0.15) is 0 Å². The van der Waals surface area contributed by atoms with Crippen molar-refractivity contribution < 1.29 is 4.79 Å².